The number of hydrogen-bond acceptors (Lipinski definition) is 3. The first kappa shape index (κ1) is 22.8. The van der Waals surface area contributed by atoms with E-state index in [9.17, 15) is 9.59 Å². The van der Waals surface area contributed by atoms with Gasteiger partial charge in [0.15, 0.2) is 0 Å². The van der Waals surface area contributed by atoms with E-state index in [1.54, 1.807) is 17.2 Å². The van der Waals surface area contributed by atoms with Gasteiger partial charge >= 0.3 is 0 Å². The van der Waals surface area contributed by atoms with Crippen molar-refractivity contribution < 1.29 is 14.0 Å². The molecule has 1 aromatic carbocycles. The summed E-state index contributed by atoms with van der Waals surface area (Å²) >= 11 is 6.22. The number of benzene rings is 1. The molecule has 34 heavy (non-hydrogen) atoms. The molecule has 1 saturated carbocycles. The molecule has 6 nitrogen and oxygen atoms in total. The smallest absolute Gasteiger partial charge is 0.271 e. The molecule has 0 spiro atoms. The fourth-order valence-electron chi connectivity index (χ4n) is 5.22. The largest absolute Gasteiger partial charge is 0.463 e. The highest BCUT2D eigenvalue weighted by Gasteiger charge is 2.48. The van der Waals surface area contributed by atoms with Gasteiger partial charge in [-0.2, -0.15) is 0 Å². The first-order valence-corrected chi connectivity index (χ1v) is 12.3. The molecule has 0 bridgehead atoms. The zero-order chi connectivity index (χ0) is 23.9. The Bertz CT molecular complexity index is 1190. The lowest BCUT2D eigenvalue weighted by Crippen LogP contribution is -2.64. The van der Waals surface area contributed by atoms with Gasteiger partial charge in [0, 0.05) is 17.6 Å². The minimum absolute atomic E-state index is 0.118. The maximum Gasteiger partial charge on any atom is 0.271 e. The van der Waals surface area contributed by atoms with Crippen LogP contribution in [-0.4, -0.2) is 32.9 Å². The Kier molecular flexibility index (Phi) is 6.02. The molecule has 0 unspecified atom stereocenters. The number of carbonyl (C=O) groups excluding carboxylic acids is 2. The molecule has 1 N–H and O–H groups in total. The normalized spacial score (nSPS) is 24.7. The third-order valence-electron chi connectivity index (χ3n) is 7.35. The van der Waals surface area contributed by atoms with Gasteiger partial charge in [-0.05, 0) is 80.5 Å². The molecule has 1 aliphatic heterocycles. The molecule has 2 aromatic heterocycles. The van der Waals surface area contributed by atoms with Crippen molar-refractivity contribution in [2.24, 2.45) is 5.92 Å². The van der Waals surface area contributed by atoms with Crippen molar-refractivity contribution in [2.75, 3.05) is 0 Å². The van der Waals surface area contributed by atoms with Gasteiger partial charge in [0.2, 0.25) is 5.91 Å². The van der Waals surface area contributed by atoms with E-state index in [1.165, 1.54) is 0 Å². The van der Waals surface area contributed by atoms with Crippen LogP contribution in [0.5, 0.6) is 0 Å². The molecule has 0 radical (unpaired) electrons. The maximum atomic E-state index is 13.8. The molecule has 1 atom stereocenters. The van der Waals surface area contributed by atoms with E-state index in [0.717, 1.165) is 36.9 Å². The molecule has 0 saturated heterocycles. The Morgan fingerprint density at radius 3 is 2.59 bits per heavy atom. The van der Waals surface area contributed by atoms with Crippen LogP contribution in [0.15, 0.2) is 59.2 Å². The molecule has 178 valence electrons. The van der Waals surface area contributed by atoms with Crippen molar-refractivity contribution in [1.29, 1.82) is 0 Å². The van der Waals surface area contributed by atoms with E-state index in [0.29, 0.717) is 35.5 Å². The Hall–Kier alpha value is -2.99. The quantitative estimate of drug-likeness (QED) is 0.524. The highest BCUT2D eigenvalue weighted by Crippen LogP contribution is 2.35. The van der Waals surface area contributed by atoms with E-state index in [4.69, 9.17) is 16.0 Å². The van der Waals surface area contributed by atoms with Crippen LogP contribution < -0.4 is 5.32 Å². The molecule has 1 aliphatic carbocycles. The van der Waals surface area contributed by atoms with Crippen molar-refractivity contribution in [3.63, 3.8) is 0 Å². The van der Waals surface area contributed by atoms with Crippen LogP contribution in [0.1, 0.15) is 55.6 Å². The number of halogens is 1. The average molecular weight is 480 g/mol. The summed E-state index contributed by atoms with van der Waals surface area (Å²) in [6.45, 7) is 4.76. The molecule has 2 aliphatic rings. The second-order valence-corrected chi connectivity index (χ2v) is 10.3. The van der Waals surface area contributed by atoms with Gasteiger partial charge < -0.3 is 19.2 Å². The number of amides is 2. The molecule has 7 heteroatoms. The van der Waals surface area contributed by atoms with Crippen LogP contribution in [0, 0.1) is 5.92 Å². The fraction of sp³-hybridized carbons (Fsp3) is 0.407. The number of rotatable bonds is 5. The predicted octanol–water partition coefficient (Wildman–Crippen LogP) is 5.51. The molecule has 3 aromatic rings. The number of carbonyl (C=O) groups is 2. The average Bonchev–Trinajstić information content (AvgIpc) is 3.48. The summed E-state index contributed by atoms with van der Waals surface area (Å²) in [7, 11) is 0. The monoisotopic (exact) mass is 479 g/mol. The van der Waals surface area contributed by atoms with Crippen molar-refractivity contribution >= 4 is 23.4 Å². The second kappa shape index (κ2) is 8.99. The lowest BCUT2D eigenvalue weighted by molar-refractivity contribution is -0.134. The SMILES string of the molecule is CC1CCC(NC(=O)[C@]2(C)Cn3c(ccc3-c3ccco3)C(=O)N2Cc2cccc(Cl)c2)CC1. The molecule has 2 amide bonds. The maximum absolute atomic E-state index is 13.8. The van der Waals surface area contributed by atoms with Crippen LogP contribution in [0.2, 0.25) is 5.02 Å². The van der Waals surface area contributed by atoms with Gasteiger partial charge in [-0.1, -0.05) is 30.7 Å². The Morgan fingerprint density at radius 1 is 1.12 bits per heavy atom. The van der Waals surface area contributed by atoms with Gasteiger partial charge in [0.1, 0.15) is 17.0 Å². The highest BCUT2D eigenvalue weighted by molar-refractivity contribution is 6.30. The lowest BCUT2D eigenvalue weighted by atomic mass is 9.86. The standard InChI is InChI=1S/C27H30ClN3O3/c1-18-8-10-21(11-9-18)29-26(33)27(2)17-30-22(24-7-4-14-34-24)12-13-23(30)25(32)31(27)16-19-5-3-6-20(28)15-19/h3-7,12-15,18,21H,8-11,16-17H2,1-2H3,(H,29,33)/t18?,21?,27-/m0/s1. The third kappa shape index (κ3) is 4.16. The Balaban J connectivity index is 1.51. The summed E-state index contributed by atoms with van der Waals surface area (Å²) in [5.41, 5.74) is 1.15. The molecule has 5 rings (SSSR count). The van der Waals surface area contributed by atoms with E-state index in [-0.39, 0.29) is 17.9 Å². The zero-order valence-corrected chi connectivity index (χ0v) is 20.3. The van der Waals surface area contributed by atoms with Gasteiger partial charge in [0.05, 0.1) is 18.5 Å². The van der Waals surface area contributed by atoms with Crippen molar-refractivity contribution in [3.05, 3.63) is 71.1 Å². The summed E-state index contributed by atoms with van der Waals surface area (Å²) in [6.07, 6.45) is 5.77. The van der Waals surface area contributed by atoms with Gasteiger partial charge in [0.25, 0.3) is 5.91 Å². The summed E-state index contributed by atoms with van der Waals surface area (Å²) < 4.78 is 7.53. The van der Waals surface area contributed by atoms with E-state index in [1.807, 2.05) is 54.0 Å². The number of fused-ring (bicyclic) bond motifs is 1. The van der Waals surface area contributed by atoms with Gasteiger partial charge in [-0.3, -0.25) is 9.59 Å². The van der Waals surface area contributed by atoms with Crippen LogP contribution >= 0.6 is 11.6 Å². The number of aromatic nitrogens is 1. The topological polar surface area (TPSA) is 67.5 Å². The predicted molar refractivity (Wildman–Crippen MR) is 131 cm³/mol. The van der Waals surface area contributed by atoms with Crippen LogP contribution in [-0.2, 0) is 17.9 Å². The van der Waals surface area contributed by atoms with E-state index in [2.05, 4.69) is 12.2 Å². The van der Waals surface area contributed by atoms with Crippen LogP contribution in [0.3, 0.4) is 0 Å². The summed E-state index contributed by atoms with van der Waals surface area (Å²) in [5.74, 6) is 1.06. The van der Waals surface area contributed by atoms with Gasteiger partial charge in [-0.15, -0.1) is 0 Å². The minimum Gasteiger partial charge on any atom is -0.463 e. The second-order valence-electron chi connectivity index (χ2n) is 9.89. The number of nitrogens with one attached hydrogen (secondary N) is 1. The minimum atomic E-state index is -1.07. The highest BCUT2D eigenvalue weighted by atomic mass is 35.5. The summed E-state index contributed by atoms with van der Waals surface area (Å²) in [5, 5.41) is 3.88. The number of nitrogens with zero attached hydrogens (tertiary/aromatic N) is 2. The first-order chi connectivity index (χ1) is 16.3. The fourth-order valence-corrected chi connectivity index (χ4v) is 5.44. The van der Waals surface area contributed by atoms with E-state index >= 15 is 0 Å². The summed E-state index contributed by atoms with van der Waals surface area (Å²) in [6, 6.07) is 15.0. The van der Waals surface area contributed by atoms with Crippen molar-refractivity contribution in [1.82, 2.24) is 14.8 Å². The summed E-state index contributed by atoms with van der Waals surface area (Å²) in [4.78, 5) is 29.3. The van der Waals surface area contributed by atoms with Crippen molar-refractivity contribution in [3.8, 4) is 11.5 Å². The Labute approximate surface area is 204 Å². The first-order valence-electron chi connectivity index (χ1n) is 12.0. The molecule has 3 heterocycles. The van der Waals surface area contributed by atoms with E-state index < -0.39 is 5.54 Å². The number of hydrogen-bond donors (Lipinski definition) is 1. The lowest BCUT2D eigenvalue weighted by Gasteiger charge is -2.45. The van der Waals surface area contributed by atoms with Crippen LogP contribution in [0.25, 0.3) is 11.5 Å². The molecular weight excluding hydrogens is 450 g/mol. The van der Waals surface area contributed by atoms with Crippen LogP contribution in [0.4, 0.5) is 0 Å². The molecule has 1 fully saturated rings. The zero-order valence-electron chi connectivity index (χ0n) is 19.6. The molecular formula is C27H30ClN3O3. The van der Waals surface area contributed by atoms with Crippen molar-refractivity contribution in [2.45, 2.75) is 64.2 Å². The Morgan fingerprint density at radius 2 is 1.88 bits per heavy atom. The number of furan rings is 1. The van der Waals surface area contributed by atoms with Gasteiger partial charge in [-0.25, -0.2) is 0 Å². The third-order valence-corrected chi connectivity index (χ3v) is 7.59.